The zero-order chi connectivity index (χ0) is 10.7. The van der Waals surface area contributed by atoms with Gasteiger partial charge < -0.3 is 14.7 Å². The summed E-state index contributed by atoms with van der Waals surface area (Å²) < 4.78 is 0. The minimum absolute atomic E-state index is 0.184. The third-order valence-electron chi connectivity index (χ3n) is 2.87. The van der Waals surface area contributed by atoms with Crippen LogP contribution in [0.5, 0.6) is 0 Å². The van der Waals surface area contributed by atoms with Crippen molar-refractivity contribution in [2.75, 3.05) is 18.0 Å². The van der Waals surface area contributed by atoms with E-state index in [9.17, 15) is 9.90 Å². The Labute approximate surface area is 90.0 Å². The molecule has 1 N–H and O–H groups in total. The fourth-order valence-electron chi connectivity index (χ4n) is 2.16. The van der Waals surface area contributed by atoms with Crippen LogP contribution < -0.4 is 4.81 Å². The largest absolute Gasteiger partial charge is 0.411 e. The number of anilines is 1. The predicted octanol–water partition coefficient (Wildman–Crippen LogP) is 0.199. The van der Waals surface area contributed by atoms with E-state index >= 15 is 0 Å². The molecule has 1 aliphatic rings. The summed E-state index contributed by atoms with van der Waals surface area (Å²) >= 11 is 0. The van der Waals surface area contributed by atoms with Crippen molar-refractivity contribution in [2.45, 2.75) is 6.42 Å². The van der Waals surface area contributed by atoms with Crippen LogP contribution in [0.3, 0.4) is 0 Å². The predicted molar refractivity (Wildman–Crippen MR) is 62.0 cm³/mol. The van der Waals surface area contributed by atoms with Crippen LogP contribution in [0.2, 0.25) is 0 Å². The van der Waals surface area contributed by atoms with Crippen LogP contribution >= 0.6 is 0 Å². The van der Waals surface area contributed by atoms with Gasteiger partial charge in [-0.2, -0.15) is 0 Å². The van der Waals surface area contributed by atoms with Crippen LogP contribution in [-0.4, -0.2) is 31.9 Å². The summed E-state index contributed by atoms with van der Waals surface area (Å²) in [6.07, 6.45) is 1.82. The Morgan fingerprint density at radius 2 is 2.33 bits per heavy atom. The Bertz CT molecular complexity index is 356. The van der Waals surface area contributed by atoms with E-state index in [4.69, 9.17) is 0 Å². The van der Waals surface area contributed by atoms with E-state index in [1.54, 1.807) is 0 Å². The van der Waals surface area contributed by atoms with E-state index in [1.165, 1.54) is 5.56 Å². The van der Waals surface area contributed by atoms with Gasteiger partial charge in [-0.3, -0.25) is 0 Å². The Hall–Kier alpha value is -1.29. The molecule has 0 saturated heterocycles. The molecular formula is C11H14BNO2. The molecule has 1 unspecified atom stereocenters. The Kier molecular flexibility index (Phi) is 3.06. The van der Waals surface area contributed by atoms with Crippen molar-refractivity contribution in [3.05, 3.63) is 29.8 Å². The van der Waals surface area contributed by atoms with Crippen molar-refractivity contribution < 1.29 is 9.90 Å². The highest BCUT2D eigenvalue weighted by molar-refractivity contribution is 6.70. The van der Waals surface area contributed by atoms with E-state index in [2.05, 4.69) is 6.07 Å². The summed E-state index contributed by atoms with van der Waals surface area (Å²) in [5.74, 6) is 0.250. The maximum Gasteiger partial charge on any atom is 0.310 e. The maximum atomic E-state index is 10.6. The molecule has 0 aliphatic carbocycles. The van der Waals surface area contributed by atoms with Crippen LogP contribution in [0.15, 0.2) is 24.3 Å². The monoisotopic (exact) mass is 203 g/mol. The van der Waals surface area contributed by atoms with Gasteiger partial charge in [0.1, 0.15) is 6.19 Å². The summed E-state index contributed by atoms with van der Waals surface area (Å²) in [5.41, 5.74) is 2.36. The molecule has 15 heavy (non-hydrogen) atoms. The summed E-state index contributed by atoms with van der Waals surface area (Å²) in [4.78, 5) is 12.6. The smallest absolute Gasteiger partial charge is 0.310 e. The van der Waals surface area contributed by atoms with Crippen LogP contribution in [0.1, 0.15) is 5.56 Å². The number of hydrogen-bond acceptors (Lipinski definition) is 3. The number of hydrogen-bond donors (Lipinski definition) is 1. The lowest BCUT2D eigenvalue weighted by Crippen LogP contribution is -2.40. The number of para-hydroxylation sites is 1. The number of rotatable bonds is 3. The first-order valence-electron chi connectivity index (χ1n) is 5.22. The second-order valence-electron chi connectivity index (χ2n) is 3.95. The highest BCUT2D eigenvalue weighted by Gasteiger charge is 2.23. The first kappa shape index (κ1) is 10.2. The van der Waals surface area contributed by atoms with Gasteiger partial charge in [-0.15, -0.1) is 0 Å². The van der Waals surface area contributed by atoms with Crippen LogP contribution in [0, 0.1) is 5.92 Å². The number of aliphatic hydroxyl groups is 1. The van der Waals surface area contributed by atoms with Crippen molar-refractivity contribution in [3.8, 4) is 0 Å². The van der Waals surface area contributed by atoms with Crippen molar-refractivity contribution in [3.63, 3.8) is 0 Å². The van der Waals surface area contributed by atoms with E-state index in [1.807, 2.05) is 23.0 Å². The minimum atomic E-state index is 0.184. The third kappa shape index (κ3) is 2.05. The number of carbonyl (C=O) groups excluding carboxylic acids is 1. The van der Waals surface area contributed by atoms with Crippen LogP contribution in [0.4, 0.5) is 5.69 Å². The molecule has 2 rings (SSSR count). The lowest BCUT2D eigenvalue weighted by atomic mass is 9.84. The molecule has 1 atom stereocenters. The molecule has 1 heterocycles. The van der Waals surface area contributed by atoms with Crippen molar-refractivity contribution in [1.82, 2.24) is 0 Å². The number of fused-ring (bicyclic) bond motifs is 1. The molecule has 0 saturated carbocycles. The molecule has 0 bridgehead atoms. The lowest BCUT2D eigenvalue weighted by molar-refractivity contribution is 0.227. The Morgan fingerprint density at radius 3 is 3.07 bits per heavy atom. The van der Waals surface area contributed by atoms with Gasteiger partial charge in [-0.05, 0) is 18.1 Å². The molecule has 0 amide bonds. The van der Waals surface area contributed by atoms with Gasteiger partial charge >= 0.3 is 7.41 Å². The molecule has 0 spiro atoms. The number of nitrogens with zero attached hydrogens (tertiary/aromatic N) is 1. The fraction of sp³-hybridized carbons (Fsp3) is 0.364. The molecule has 0 aromatic heterocycles. The first-order chi connectivity index (χ1) is 7.35. The second-order valence-corrected chi connectivity index (χ2v) is 3.95. The number of carbonyl (C=O) groups is 1. The summed E-state index contributed by atoms with van der Waals surface area (Å²) in [6, 6.07) is 8.08. The summed E-state index contributed by atoms with van der Waals surface area (Å²) in [7, 11) is 0.410. The highest BCUT2D eigenvalue weighted by Crippen LogP contribution is 2.28. The minimum Gasteiger partial charge on any atom is -0.411 e. The van der Waals surface area contributed by atoms with Gasteiger partial charge in [0.25, 0.3) is 0 Å². The average Bonchev–Trinajstić information content (AvgIpc) is 2.29. The number of aliphatic hydroxyl groups excluding tert-OH is 1. The standard InChI is InChI=1S/C11H14BNO2/c14-7-9-5-10-3-1-2-4-11(10)13(6-9)12-8-15/h1-4,8-9,12,14H,5-7H2. The van der Waals surface area contributed by atoms with Crippen molar-refractivity contribution in [1.29, 1.82) is 0 Å². The van der Waals surface area contributed by atoms with Gasteiger partial charge in [0.15, 0.2) is 0 Å². The molecule has 78 valence electrons. The zero-order valence-electron chi connectivity index (χ0n) is 8.60. The van der Waals surface area contributed by atoms with Gasteiger partial charge in [0.2, 0.25) is 0 Å². The fourth-order valence-corrected chi connectivity index (χ4v) is 2.16. The highest BCUT2D eigenvalue weighted by atomic mass is 16.3. The lowest BCUT2D eigenvalue weighted by Gasteiger charge is -2.34. The normalized spacial score (nSPS) is 19.5. The average molecular weight is 203 g/mol. The molecule has 1 aromatic rings. The van der Waals surface area contributed by atoms with Gasteiger partial charge in [0, 0.05) is 24.8 Å². The molecular weight excluding hydrogens is 189 g/mol. The molecule has 0 fully saturated rings. The van der Waals surface area contributed by atoms with Gasteiger partial charge in [0.05, 0.1) is 0 Å². The van der Waals surface area contributed by atoms with Crippen molar-refractivity contribution in [2.24, 2.45) is 5.92 Å². The molecule has 3 nitrogen and oxygen atoms in total. The quantitative estimate of drug-likeness (QED) is 0.563. The zero-order valence-corrected chi connectivity index (χ0v) is 8.60. The third-order valence-corrected chi connectivity index (χ3v) is 2.87. The molecule has 0 radical (unpaired) electrons. The Balaban J connectivity index is 2.29. The molecule has 1 aromatic carbocycles. The Morgan fingerprint density at radius 1 is 1.53 bits per heavy atom. The van der Waals surface area contributed by atoms with E-state index in [0.29, 0.717) is 7.41 Å². The summed E-state index contributed by atoms with van der Waals surface area (Å²) in [6.45, 7) is 0.954. The maximum absolute atomic E-state index is 10.6. The van der Waals surface area contributed by atoms with E-state index < -0.39 is 0 Å². The van der Waals surface area contributed by atoms with E-state index in [0.717, 1.165) is 24.8 Å². The first-order valence-corrected chi connectivity index (χ1v) is 5.22. The number of benzene rings is 1. The van der Waals surface area contributed by atoms with Crippen LogP contribution in [-0.2, 0) is 11.2 Å². The molecule has 1 aliphatic heterocycles. The van der Waals surface area contributed by atoms with Crippen molar-refractivity contribution >= 4 is 19.3 Å². The van der Waals surface area contributed by atoms with Gasteiger partial charge in [-0.1, -0.05) is 18.2 Å². The summed E-state index contributed by atoms with van der Waals surface area (Å²) in [5, 5.41) is 9.19. The van der Waals surface area contributed by atoms with Crippen LogP contribution in [0.25, 0.3) is 0 Å². The van der Waals surface area contributed by atoms with Gasteiger partial charge in [-0.25, -0.2) is 0 Å². The second kappa shape index (κ2) is 4.49. The topological polar surface area (TPSA) is 40.5 Å². The van der Waals surface area contributed by atoms with E-state index in [-0.39, 0.29) is 12.5 Å². The SMILES string of the molecule is O=CBN1CC(CO)Cc2ccccc21. The molecule has 4 heteroatoms.